The van der Waals surface area contributed by atoms with E-state index in [4.69, 9.17) is 5.11 Å². The lowest BCUT2D eigenvalue weighted by atomic mass is 10.2. The van der Waals surface area contributed by atoms with Crippen molar-refractivity contribution in [2.75, 3.05) is 11.6 Å². The molecule has 1 aromatic rings. The first-order chi connectivity index (χ1) is 8.88. The van der Waals surface area contributed by atoms with Gasteiger partial charge in [0.2, 0.25) is 0 Å². The third-order valence-electron chi connectivity index (χ3n) is 3.34. The summed E-state index contributed by atoms with van der Waals surface area (Å²) in [5.41, 5.74) is 0.483. The third kappa shape index (κ3) is 3.26. The Morgan fingerprint density at radius 3 is 2.47 bits per heavy atom. The van der Waals surface area contributed by atoms with Gasteiger partial charge in [0.25, 0.3) is 0 Å². The molecule has 0 heterocycles. The molecule has 104 valence electrons. The SMILES string of the molecule is CS(=O)(=O)c1cc(C(=O)O)ccc1NC1CCCC1. The molecule has 0 aliphatic heterocycles. The number of carboxylic acid groups (broad SMARTS) is 1. The second kappa shape index (κ2) is 5.21. The largest absolute Gasteiger partial charge is 0.478 e. The molecule has 0 unspecified atom stereocenters. The Balaban J connectivity index is 2.39. The number of rotatable bonds is 4. The molecule has 0 aromatic heterocycles. The minimum atomic E-state index is -3.46. The highest BCUT2D eigenvalue weighted by Crippen LogP contribution is 2.27. The number of carbonyl (C=O) groups is 1. The zero-order chi connectivity index (χ0) is 14.0. The maximum atomic E-state index is 11.8. The van der Waals surface area contributed by atoms with Crippen LogP contribution < -0.4 is 5.32 Å². The topological polar surface area (TPSA) is 83.5 Å². The fourth-order valence-electron chi connectivity index (χ4n) is 2.37. The Kier molecular flexibility index (Phi) is 3.80. The number of hydrogen-bond donors (Lipinski definition) is 2. The van der Waals surface area contributed by atoms with Crippen LogP contribution >= 0.6 is 0 Å². The molecule has 1 aliphatic carbocycles. The van der Waals surface area contributed by atoms with E-state index in [-0.39, 0.29) is 16.5 Å². The molecular formula is C13H17NO4S. The minimum absolute atomic E-state index is 0.0163. The van der Waals surface area contributed by atoms with E-state index in [0.717, 1.165) is 31.9 Å². The average Bonchev–Trinajstić information content (AvgIpc) is 2.80. The van der Waals surface area contributed by atoms with Crippen LogP contribution in [0.3, 0.4) is 0 Å². The van der Waals surface area contributed by atoms with Gasteiger partial charge in [-0.25, -0.2) is 13.2 Å². The van der Waals surface area contributed by atoms with Crippen LogP contribution in [-0.2, 0) is 9.84 Å². The second-order valence-electron chi connectivity index (χ2n) is 4.91. The lowest BCUT2D eigenvalue weighted by molar-refractivity contribution is 0.0696. The summed E-state index contributed by atoms with van der Waals surface area (Å²) in [5.74, 6) is -1.13. The van der Waals surface area contributed by atoms with E-state index in [2.05, 4.69) is 5.32 Å². The first-order valence-corrected chi connectivity index (χ1v) is 8.11. The van der Waals surface area contributed by atoms with Crippen LogP contribution in [0.2, 0.25) is 0 Å². The van der Waals surface area contributed by atoms with Crippen molar-refractivity contribution in [2.45, 2.75) is 36.6 Å². The first-order valence-electron chi connectivity index (χ1n) is 6.22. The molecule has 0 atom stereocenters. The molecular weight excluding hydrogens is 266 g/mol. The van der Waals surface area contributed by atoms with Gasteiger partial charge in [0.1, 0.15) is 0 Å². The van der Waals surface area contributed by atoms with E-state index in [1.807, 2.05) is 0 Å². The predicted molar refractivity (Wildman–Crippen MR) is 72.4 cm³/mol. The Labute approximate surface area is 112 Å². The highest BCUT2D eigenvalue weighted by atomic mass is 32.2. The summed E-state index contributed by atoms with van der Waals surface area (Å²) in [6.07, 6.45) is 5.40. The third-order valence-corrected chi connectivity index (χ3v) is 4.48. The van der Waals surface area contributed by atoms with Gasteiger partial charge >= 0.3 is 5.97 Å². The van der Waals surface area contributed by atoms with Crippen molar-refractivity contribution >= 4 is 21.5 Å². The van der Waals surface area contributed by atoms with E-state index in [0.29, 0.717) is 5.69 Å². The molecule has 19 heavy (non-hydrogen) atoms. The molecule has 2 rings (SSSR count). The van der Waals surface area contributed by atoms with Crippen LogP contribution in [0.25, 0.3) is 0 Å². The lowest BCUT2D eigenvalue weighted by Gasteiger charge is -2.16. The Bertz CT molecular complexity index is 589. The highest BCUT2D eigenvalue weighted by Gasteiger charge is 2.20. The lowest BCUT2D eigenvalue weighted by Crippen LogP contribution is -2.17. The van der Waals surface area contributed by atoms with E-state index < -0.39 is 15.8 Å². The van der Waals surface area contributed by atoms with Gasteiger partial charge in [-0.2, -0.15) is 0 Å². The van der Waals surface area contributed by atoms with Gasteiger partial charge in [0.15, 0.2) is 9.84 Å². The Hall–Kier alpha value is -1.56. The van der Waals surface area contributed by atoms with Crippen molar-refractivity contribution in [3.8, 4) is 0 Å². The normalized spacial score (nSPS) is 16.5. The van der Waals surface area contributed by atoms with Crippen LogP contribution in [0.15, 0.2) is 23.1 Å². The maximum absolute atomic E-state index is 11.8. The summed E-state index contributed by atoms with van der Waals surface area (Å²) in [4.78, 5) is 11.0. The molecule has 1 aromatic carbocycles. The number of carboxylic acids is 1. The van der Waals surface area contributed by atoms with Crippen LogP contribution in [0.4, 0.5) is 5.69 Å². The molecule has 0 amide bonds. The zero-order valence-corrected chi connectivity index (χ0v) is 11.5. The molecule has 1 fully saturated rings. The quantitative estimate of drug-likeness (QED) is 0.884. The maximum Gasteiger partial charge on any atom is 0.335 e. The van der Waals surface area contributed by atoms with Crippen molar-refractivity contribution in [1.82, 2.24) is 0 Å². The summed E-state index contributed by atoms with van der Waals surface area (Å²) in [6.45, 7) is 0. The van der Waals surface area contributed by atoms with Gasteiger partial charge in [-0.05, 0) is 31.0 Å². The number of hydrogen-bond acceptors (Lipinski definition) is 4. The van der Waals surface area contributed by atoms with Crippen LogP contribution in [0.1, 0.15) is 36.0 Å². The standard InChI is InChI=1S/C13H17NO4S/c1-19(17,18)12-8-9(13(15)16)6-7-11(12)14-10-4-2-3-5-10/h6-8,10,14H,2-5H2,1H3,(H,15,16). The number of aromatic carboxylic acids is 1. The molecule has 0 spiro atoms. The van der Waals surface area contributed by atoms with Crippen LogP contribution in [0.5, 0.6) is 0 Å². The molecule has 0 bridgehead atoms. The van der Waals surface area contributed by atoms with Crippen LogP contribution in [-0.4, -0.2) is 31.8 Å². The van der Waals surface area contributed by atoms with Gasteiger partial charge in [-0.15, -0.1) is 0 Å². The van der Waals surface area contributed by atoms with Crippen LogP contribution in [0, 0.1) is 0 Å². The van der Waals surface area contributed by atoms with Gasteiger partial charge in [-0.3, -0.25) is 0 Å². The van der Waals surface area contributed by atoms with Gasteiger partial charge < -0.3 is 10.4 Å². The summed E-state index contributed by atoms with van der Waals surface area (Å²) >= 11 is 0. The predicted octanol–water partition coefficient (Wildman–Crippen LogP) is 2.14. The minimum Gasteiger partial charge on any atom is -0.478 e. The van der Waals surface area contributed by atoms with E-state index in [9.17, 15) is 13.2 Å². The molecule has 5 nitrogen and oxygen atoms in total. The molecule has 6 heteroatoms. The summed E-state index contributed by atoms with van der Waals surface area (Å²) in [7, 11) is -3.46. The Morgan fingerprint density at radius 1 is 1.32 bits per heavy atom. The van der Waals surface area contributed by atoms with Crippen molar-refractivity contribution < 1.29 is 18.3 Å². The van der Waals surface area contributed by atoms with Gasteiger partial charge in [0.05, 0.1) is 16.1 Å². The van der Waals surface area contributed by atoms with Crippen molar-refractivity contribution in [3.05, 3.63) is 23.8 Å². The summed E-state index contributed by atoms with van der Waals surface area (Å²) in [5, 5.41) is 12.1. The highest BCUT2D eigenvalue weighted by molar-refractivity contribution is 7.90. The Morgan fingerprint density at radius 2 is 1.95 bits per heavy atom. The summed E-state index contributed by atoms with van der Waals surface area (Å²) in [6, 6.07) is 4.46. The molecule has 2 N–H and O–H groups in total. The monoisotopic (exact) mass is 283 g/mol. The fourth-order valence-corrected chi connectivity index (χ4v) is 3.24. The zero-order valence-electron chi connectivity index (χ0n) is 10.7. The summed E-state index contributed by atoms with van der Waals surface area (Å²) < 4.78 is 23.5. The number of sulfone groups is 1. The van der Waals surface area contributed by atoms with Crippen molar-refractivity contribution in [3.63, 3.8) is 0 Å². The molecule has 1 aliphatic rings. The smallest absolute Gasteiger partial charge is 0.335 e. The second-order valence-corrected chi connectivity index (χ2v) is 6.90. The van der Waals surface area contributed by atoms with E-state index >= 15 is 0 Å². The van der Waals surface area contributed by atoms with Gasteiger partial charge in [0, 0.05) is 12.3 Å². The molecule has 0 radical (unpaired) electrons. The number of anilines is 1. The van der Waals surface area contributed by atoms with Crippen molar-refractivity contribution in [1.29, 1.82) is 0 Å². The number of benzene rings is 1. The fraction of sp³-hybridized carbons (Fsp3) is 0.462. The van der Waals surface area contributed by atoms with Gasteiger partial charge in [-0.1, -0.05) is 12.8 Å². The molecule has 0 saturated heterocycles. The van der Waals surface area contributed by atoms with Crippen molar-refractivity contribution in [2.24, 2.45) is 0 Å². The number of nitrogens with one attached hydrogen (secondary N) is 1. The molecule has 1 saturated carbocycles. The average molecular weight is 283 g/mol. The van der Waals surface area contributed by atoms with E-state index in [1.54, 1.807) is 0 Å². The van der Waals surface area contributed by atoms with E-state index in [1.165, 1.54) is 18.2 Å². The first kappa shape index (κ1) is 13.9.